The van der Waals surface area contributed by atoms with Crippen LogP contribution in [0.1, 0.15) is 27.2 Å². The summed E-state index contributed by atoms with van der Waals surface area (Å²) >= 11 is 0. The fourth-order valence-electron chi connectivity index (χ4n) is 3.20. The van der Waals surface area contributed by atoms with Gasteiger partial charge in [-0.25, -0.2) is 4.79 Å². The average molecular weight is 325 g/mol. The Balaban J connectivity index is 1.76. The van der Waals surface area contributed by atoms with Gasteiger partial charge in [0.25, 0.3) is 0 Å². The standard InChI is InChI=1S/C16H23NO6/c1-16(2,3)23-15(21)17-6-7-22-14(20)12-10-5-4-9(8-10)11(12)13(18)19/h4-5,9-12H,6-8H2,1-3H3,(H,17,21)(H,18,19). The van der Waals surface area contributed by atoms with Crippen LogP contribution in [0.5, 0.6) is 0 Å². The normalized spacial score (nSPS) is 28.5. The fourth-order valence-corrected chi connectivity index (χ4v) is 3.20. The summed E-state index contributed by atoms with van der Waals surface area (Å²) in [7, 11) is 0. The van der Waals surface area contributed by atoms with Crippen LogP contribution in [0.15, 0.2) is 12.2 Å². The number of aliphatic carboxylic acids is 1. The zero-order valence-electron chi connectivity index (χ0n) is 13.6. The Kier molecular flexibility index (Phi) is 4.97. The van der Waals surface area contributed by atoms with Gasteiger partial charge < -0.3 is 19.9 Å². The van der Waals surface area contributed by atoms with Gasteiger partial charge in [0.2, 0.25) is 0 Å². The predicted molar refractivity (Wildman–Crippen MR) is 80.5 cm³/mol. The highest BCUT2D eigenvalue weighted by atomic mass is 16.6. The highest BCUT2D eigenvalue weighted by molar-refractivity contribution is 5.83. The van der Waals surface area contributed by atoms with Crippen LogP contribution in [0.4, 0.5) is 4.79 Å². The SMILES string of the molecule is CC(C)(C)OC(=O)NCCOC(=O)C1C2C=CC(C2)C1C(=O)O. The summed E-state index contributed by atoms with van der Waals surface area (Å²) in [4.78, 5) is 34.9. The van der Waals surface area contributed by atoms with Crippen molar-refractivity contribution in [3.05, 3.63) is 12.2 Å². The molecule has 2 N–H and O–H groups in total. The number of carbonyl (C=O) groups is 3. The molecule has 1 amide bonds. The summed E-state index contributed by atoms with van der Waals surface area (Å²) in [6.07, 6.45) is 3.87. The van der Waals surface area contributed by atoms with Gasteiger partial charge in [-0.15, -0.1) is 0 Å². The molecule has 4 atom stereocenters. The molecule has 7 heteroatoms. The number of fused-ring (bicyclic) bond motifs is 2. The van der Waals surface area contributed by atoms with E-state index in [4.69, 9.17) is 9.47 Å². The van der Waals surface area contributed by atoms with E-state index in [1.54, 1.807) is 20.8 Å². The summed E-state index contributed by atoms with van der Waals surface area (Å²) in [6, 6.07) is 0. The Morgan fingerprint density at radius 2 is 1.78 bits per heavy atom. The Bertz CT molecular complexity index is 521. The number of ether oxygens (including phenoxy) is 2. The molecule has 1 fully saturated rings. The minimum atomic E-state index is -0.962. The molecule has 0 radical (unpaired) electrons. The number of hydrogen-bond acceptors (Lipinski definition) is 5. The van der Waals surface area contributed by atoms with Gasteiger partial charge in [-0.05, 0) is 39.0 Å². The molecule has 0 aliphatic heterocycles. The number of alkyl carbamates (subject to hydrolysis) is 1. The first-order chi connectivity index (χ1) is 10.7. The average Bonchev–Trinajstić information content (AvgIpc) is 3.01. The third-order valence-corrected chi connectivity index (χ3v) is 4.03. The van der Waals surface area contributed by atoms with Gasteiger partial charge in [-0.2, -0.15) is 0 Å². The highest BCUT2D eigenvalue weighted by Gasteiger charge is 2.52. The lowest BCUT2D eigenvalue weighted by Gasteiger charge is -2.23. The number of hydrogen-bond donors (Lipinski definition) is 2. The minimum absolute atomic E-state index is 0.0119. The molecule has 0 spiro atoms. The monoisotopic (exact) mass is 325 g/mol. The smallest absolute Gasteiger partial charge is 0.407 e. The zero-order chi connectivity index (χ0) is 17.2. The van der Waals surface area contributed by atoms with Crippen molar-refractivity contribution in [2.75, 3.05) is 13.2 Å². The topological polar surface area (TPSA) is 102 Å². The molecule has 23 heavy (non-hydrogen) atoms. The number of carboxylic acid groups (broad SMARTS) is 1. The molecule has 0 aromatic rings. The van der Waals surface area contributed by atoms with E-state index in [0.29, 0.717) is 6.42 Å². The quantitative estimate of drug-likeness (QED) is 0.452. The molecule has 0 aromatic carbocycles. The molecule has 0 heterocycles. The van der Waals surface area contributed by atoms with E-state index in [1.165, 1.54) is 0 Å². The van der Waals surface area contributed by atoms with Crippen molar-refractivity contribution < 1.29 is 29.0 Å². The van der Waals surface area contributed by atoms with Gasteiger partial charge in [0.15, 0.2) is 0 Å². The lowest BCUT2D eigenvalue weighted by Crippen LogP contribution is -2.37. The molecule has 1 saturated carbocycles. The van der Waals surface area contributed by atoms with Gasteiger partial charge in [0.1, 0.15) is 12.2 Å². The molecular weight excluding hydrogens is 302 g/mol. The van der Waals surface area contributed by atoms with Crippen LogP contribution in [-0.4, -0.2) is 41.9 Å². The Labute approximate surface area is 135 Å². The summed E-state index contributed by atoms with van der Waals surface area (Å²) in [5, 5.41) is 11.8. The first-order valence-corrected chi connectivity index (χ1v) is 7.73. The number of carbonyl (C=O) groups excluding carboxylic acids is 2. The van der Waals surface area contributed by atoms with Crippen molar-refractivity contribution in [1.29, 1.82) is 0 Å². The van der Waals surface area contributed by atoms with E-state index in [-0.39, 0.29) is 25.0 Å². The molecule has 128 valence electrons. The van der Waals surface area contributed by atoms with Gasteiger partial charge >= 0.3 is 18.0 Å². The Morgan fingerprint density at radius 3 is 2.35 bits per heavy atom. The maximum atomic E-state index is 12.2. The van der Waals surface area contributed by atoms with Gasteiger partial charge in [-0.3, -0.25) is 9.59 Å². The third-order valence-electron chi connectivity index (χ3n) is 4.03. The van der Waals surface area contributed by atoms with Gasteiger partial charge in [-0.1, -0.05) is 12.2 Å². The maximum Gasteiger partial charge on any atom is 0.407 e. The van der Waals surface area contributed by atoms with E-state index in [9.17, 15) is 19.5 Å². The molecule has 2 aliphatic rings. The first kappa shape index (κ1) is 17.3. The van der Waals surface area contributed by atoms with Crippen molar-refractivity contribution in [1.82, 2.24) is 5.32 Å². The van der Waals surface area contributed by atoms with E-state index in [2.05, 4.69) is 5.32 Å². The van der Waals surface area contributed by atoms with E-state index in [0.717, 1.165) is 0 Å². The van der Waals surface area contributed by atoms with Crippen LogP contribution in [0, 0.1) is 23.7 Å². The fraction of sp³-hybridized carbons (Fsp3) is 0.688. The minimum Gasteiger partial charge on any atom is -0.481 e. The molecule has 2 rings (SSSR count). The van der Waals surface area contributed by atoms with E-state index < -0.39 is 35.5 Å². The lowest BCUT2D eigenvalue weighted by atomic mass is 9.83. The first-order valence-electron chi connectivity index (χ1n) is 7.73. The molecule has 0 aromatic heterocycles. The second-order valence-corrected chi connectivity index (χ2v) is 6.93. The van der Waals surface area contributed by atoms with Crippen LogP contribution < -0.4 is 5.32 Å². The van der Waals surface area contributed by atoms with E-state index >= 15 is 0 Å². The van der Waals surface area contributed by atoms with Crippen molar-refractivity contribution in [3.8, 4) is 0 Å². The largest absolute Gasteiger partial charge is 0.481 e. The van der Waals surface area contributed by atoms with Crippen LogP contribution >= 0.6 is 0 Å². The van der Waals surface area contributed by atoms with Crippen molar-refractivity contribution in [3.63, 3.8) is 0 Å². The Hall–Kier alpha value is -2.05. The van der Waals surface area contributed by atoms with Crippen molar-refractivity contribution in [2.24, 2.45) is 23.7 Å². The number of amides is 1. The third kappa shape index (κ3) is 4.24. The summed E-state index contributed by atoms with van der Waals surface area (Å²) in [5.41, 5.74) is -0.592. The van der Waals surface area contributed by atoms with Gasteiger partial charge in [0, 0.05) is 0 Å². The molecule has 4 unspecified atom stereocenters. The van der Waals surface area contributed by atoms with Gasteiger partial charge in [0.05, 0.1) is 18.4 Å². The second-order valence-electron chi connectivity index (χ2n) is 6.93. The maximum absolute atomic E-state index is 12.2. The highest BCUT2D eigenvalue weighted by Crippen LogP contribution is 2.48. The van der Waals surface area contributed by atoms with Crippen molar-refractivity contribution in [2.45, 2.75) is 32.8 Å². The number of carboxylic acids is 1. The molecular formula is C16H23NO6. The van der Waals surface area contributed by atoms with E-state index in [1.807, 2.05) is 12.2 Å². The van der Waals surface area contributed by atoms with Crippen molar-refractivity contribution >= 4 is 18.0 Å². The second kappa shape index (κ2) is 6.60. The number of esters is 1. The lowest BCUT2D eigenvalue weighted by molar-refractivity contribution is -0.158. The van der Waals surface area contributed by atoms with Crippen LogP contribution in [0.3, 0.4) is 0 Å². The number of nitrogens with one attached hydrogen (secondary N) is 1. The molecule has 0 saturated heterocycles. The Morgan fingerprint density at radius 1 is 1.17 bits per heavy atom. The number of allylic oxidation sites excluding steroid dienone is 2. The number of rotatable bonds is 5. The van der Waals surface area contributed by atoms with Crippen LogP contribution in [0.25, 0.3) is 0 Å². The summed E-state index contributed by atoms with van der Waals surface area (Å²) in [5.74, 6) is -2.97. The summed E-state index contributed by atoms with van der Waals surface area (Å²) in [6.45, 7) is 5.36. The molecule has 2 aliphatic carbocycles. The van der Waals surface area contributed by atoms with Crippen LogP contribution in [-0.2, 0) is 19.1 Å². The summed E-state index contributed by atoms with van der Waals surface area (Å²) < 4.78 is 10.2. The zero-order valence-corrected chi connectivity index (χ0v) is 13.6. The molecule has 7 nitrogen and oxygen atoms in total. The molecule has 2 bridgehead atoms. The predicted octanol–water partition coefficient (Wildman–Crippen LogP) is 1.58. The van der Waals surface area contributed by atoms with Crippen LogP contribution in [0.2, 0.25) is 0 Å².